The molecule has 5 aliphatic carbocycles. The lowest BCUT2D eigenvalue weighted by molar-refractivity contribution is -0.0587. The molecule has 0 aromatic heterocycles. The van der Waals surface area contributed by atoms with E-state index >= 15 is 0 Å². The predicted octanol–water partition coefficient (Wildman–Crippen LogP) is 5.93. The summed E-state index contributed by atoms with van der Waals surface area (Å²) in [5.74, 6) is 6.43. The van der Waals surface area contributed by atoms with Crippen molar-refractivity contribution in [2.45, 2.75) is 77.1 Å². The van der Waals surface area contributed by atoms with Gasteiger partial charge in [0.2, 0.25) is 0 Å². The van der Waals surface area contributed by atoms with Crippen LogP contribution < -0.4 is 0 Å². The van der Waals surface area contributed by atoms with Gasteiger partial charge in [-0.25, -0.2) is 0 Å². The molecule has 3 atom stereocenters. The van der Waals surface area contributed by atoms with Crippen molar-refractivity contribution >= 4 is 15.9 Å². The van der Waals surface area contributed by atoms with Crippen LogP contribution in [0.3, 0.4) is 0 Å². The molecule has 6 aliphatic rings. The van der Waals surface area contributed by atoms with Gasteiger partial charge in [-0.05, 0) is 104 Å². The standard InChI is InChI=1S/C22H36BrN/c1-21(2)18-4-6-22(21,3)20(23)24(13-18)7-5-19-16-9-14-8-15(11-16)12-17(19)10-14/h14-20H,4-13H2,1-3H3/t14?,15?,16?,17?,18-,19?,20?,22+/m0/s1. The van der Waals surface area contributed by atoms with Crippen molar-refractivity contribution in [3.05, 3.63) is 0 Å². The number of likely N-dealkylation sites (tertiary alicyclic amines) is 1. The summed E-state index contributed by atoms with van der Waals surface area (Å²) in [5.41, 5.74) is 0.959. The Balaban J connectivity index is 1.27. The molecule has 6 bridgehead atoms. The fourth-order valence-corrected chi connectivity index (χ4v) is 9.37. The second-order valence-electron chi connectivity index (χ2n) is 11.1. The van der Waals surface area contributed by atoms with Crippen LogP contribution in [0, 0.1) is 46.3 Å². The van der Waals surface area contributed by atoms with Crippen molar-refractivity contribution in [2.75, 3.05) is 13.1 Å². The van der Waals surface area contributed by atoms with Crippen LogP contribution in [0.1, 0.15) is 72.1 Å². The van der Waals surface area contributed by atoms with Crippen molar-refractivity contribution in [3.8, 4) is 0 Å². The molecule has 136 valence electrons. The van der Waals surface area contributed by atoms with Crippen molar-refractivity contribution in [2.24, 2.45) is 46.3 Å². The molecule has 24 heavy (non-hydrogen) atoms. The van der Waals surface area contributed by atoms with E-state index in [0.717, 1.165) is 35.5 Å². The first-order valence-electron chi connectivity index (χ1n) is 10.8. The van der Waals surface area contributed by atoms with Gasteiger partial charge in [-0.15, -0.1) is 0 Å². The molecule has 0 aromatic rings. The van der Waals surface area contributed by atoms with E-state index in [-0.39, 0.29) is 0 Å². The van der Waals surface area contributed by atoms with Gasteiger partial charge in [0.1, 0.15) is 0 Å². The molecule has 6 fully saturated rings. The highest BCUT2D eigenvalue weighted by atomic mass is 79.9. The summed E-state index contributed by atoms with van der Waals surface area (Å²) in [4.78, 5) is 3.43. The van der Waals surface area contributed by atoms with Gasteiger partial charge >= 0.3 is 0 Å². The number of fused-ring (bicyclic) bond motifs is 2. The molecule has 1 aliphatic heterocycles. The number of hydrogen-bond donors (Lipinski definition) is 0. The summed E-state index contributed by atoms with van der Waals surface area (Å²) >= 11 is 4.17. The SMILES string of the molecule is CC1(C)[C@H]2CC[C@]1(C)C(Br)N(CCC1C3CC4CC(C3)CC1C4)C2. The first-order valence-corrected chi connectivity index (χ1v) is 11.7. The highest BCUT2D eigenvalue weighted by Gasteiger charge is 2.59. The fourth-order valence-electron chi connectivity index (χ4n) is 8.18. The molecule has 0 aromatic carbocycles. The molecule has 0 amide bonds. The number of halogens is 1. The molecule has 1 saturated heterocycles. The maximum atomic E-state index is 4.17. The molecule has 0 N–H and O–H groups in total. The Morgan fingerprint density at radius 3 is 2.21 bits per heavy atom. The summed E-state index contributed by atoms with van der Waals surface area (Å²) in [6, 6.07) is 0. The predicted molar refractivity (Wildman–Crippen MR) is 104 cm³/mol. The molecule has 1 unspecified atom stereocenters. The number of hydrogen-bond acceptors (Lipinski definition) is 1. The lowest BCUT2D eigenvalue weighted by Crippen LogP contribution is -2.57. The Kier molecular flexibility index (Phi) is 3.79. The van der Waals surface area contributed by atoms with E-state index in [1.54, 1.807) is 32.1 Å². The van der Waals surface area contributed by atoms with Gasteiger partial charge in [0.15, 0.2) is 0 Å². The van der Waals surface area contributed by atoms with Crippen LogP contribution in [-0.4, -0.2) is 22.9 Å². The Morgan fingerprint density at radius 2 is 1.58 bits per heavy atom. The zero-order valence-corrected chi connectivity index (χ0v) is 17.5. The van der Waals surface area contributed by atoms with E-state index < -0.39 is 0 Å². The zero-order chi connectivity index (χ0) is 16.7. The number of rotatable bonds is 3. The minimum absolute atomic E-state index is 0.458. The average Bonchev–Trinajstić information content (AvgIpc) is 2.66. The Labute approximate surface area is 157 Å². The third kappa shape index (κ3) is 2.20. The highest BCUT2D eigenvalue weighted by molar-refractivity contribution is 9.09. The quantitative estimate of drug-likeness (QED) is 0.424. The van der Waals surface area contributed by atoms with Gasteiger partial charge in [-0.1, -0.05) is 36.7 Å². The van der Waals surface area contributed by atoms with Crippen LogP contribution in [0.25, 0.3) is 0 Å². The van der Waals surface area contributed by atoms with Crippen molar-refractivity contribution in [1.82, 2.24) is 4.90 Å². The van der Waals surface area contributed by atoms with E-state index in [1.807, 2.05) is 0 Å². The van der Waals surface area contributed by atoms with E-state index in [1.165, 1.54) is 32.4 Å². The molecular formula is C22H36BrN. The van der Waals surface area contributed by atoms with Gasteiger partial charge in [0.05, 0.1) is 4.95 Å². The third-order valence-electron chi connectivity index (χ3n) is 9.98. The van der Waals surface area contributed by atoms with Crippen LogP contribution in [0.4, 0.5) is 0 Å². The van der Waals surface area contributed by atoms with Gasteiger partial charge in [-0.2, -0.15) is 0 Å². The van der Waals surface area contributed by atoms with E-state index in [4.69, 9.17) is 0 Å². The summed E-state index contributed by atoms with van der Waals surface area (Å²) in [6.45, 7) is 10.3. The number of piperidine rings is 1. The first-order chi connectivity index (χ1) is 11.4. The van der Waals surface area contributed by atoms with Crippen molar-refractivity contribution in [1.29, 1.82) is 0 Å². The molecule has 1 heterocycles. The van der Waals surface area contributed by atoms with Crippen molar-refractivity contribution in [3.63, 3.8) is 0 Å². The average molecular weight is 394 g/mol. The normalized spacial score (nSPS) is 55.2. The molecule has 5 saturated carbocycles. The maximum Gasteiger partial charge on any atom is 0.0715 e. The van der Waals surface area contributed by atoms with Gasteiger partial charge in [0.25, 0.3) is 0 Å². The molecular weight excluding hydrogens is 358 g/mol. The first kappa shape index (κ1) is 16.6. The summed E-state index contributed by atoms with van der Waals surface area (Å²) in [7, 11) is 0. The zero-order valence-electron chi connectivity index (χ0n) is 15.9. The summed E-state index contributed by atoms with van der Waals surface area (Å²) in [5, 5.41) is 0. The van der Waals surface area contributed by atoms with E-state index in [9.17, 15) is 0 Å². The fraction of sp³-hybridized carbons (Fsp3) is 1.00. The molecule has 0 spiro atoms. The van der Waals surface area contributed by atoms with Crippen molar-refractivity contribution < 1.29 is 0 Å². The van der Waals surface area contributed by atoms with Crippen LogP contribution in [0.5, 0.6) is 0 Å². The number of alkyl halides is 1. The largest absolute Gasteiger partial charge is 0.290 e. The van der Waals surface area contributed by atoms with E-state index in [2.05, 4.69) is 41.6 Å². The van der Waals surface area contributed by atoms with Crippen LogP contribution in [-0.2, 0) is 0 Å². The summed E-state index contributed by atoms with van der Waals surface area (Å²) < 4.78 is 0. The van der Waals surface area contributed by atoms with Gasteiger partial charge in [0, 0.05) is 6.54 Å². The Hall–Kier alpha value is 0.440. The Bertz CT molecular complexity index is 486. The second kappa shape index (κ2) is 5.47. The lowest BCUT2D eigenvalue weighted by atomic mass is 9.51. The van der Waals surface area contributed by atoms with Gasteiger partial charge in [-0.3, -0.25) is 4.90 Å². The van der Waals surface area contributed by atoms with Crippen LogP contribution in [0.15, 0.2) is 0 Å². The minimum Gasteiger partial charge on any atom is -0.290 e. The lowest BCUT2D eigenvalue weighted by Gasteiger charge is -2.56. The third-order valence-corrected chi connectivity index (χ3v) is 11.6. The topological polar surface area (TPSA) is 3.24 Å². The van der Waals surface area contributed by atoms with E-state index in [0.29, 0.717) is 15.8 Å². The maximum absolute atomic E-state index is 4.17. The highest BCUT2D eigenvalue weighted by Crippen LogP contribution is 2.63. The number of nitrogens with zero attached hydrogens (tertiary/aromatic N) is 1. The molecule has 2 heteroatoms. The second-order valence-corrected chi connectivity index (χ2v) is 12.0. The van der Waals surface area contributed by atoms with Crippen LogP contribution in [0.2, 0.25) is 0 Å². The Morgan fingerprint density at radius 1 is 0.958 bits per heavy atom. The van der Waals surface area contributed by atoms with Crippen LogP contribution >= 0.6 is 15.9 Å². The molecule has 6 rings (SSSR count). The minimum atomic E-state index is 0.458. The smallest absolute Gasteiger partial charge is 0.0715 e. The van der Waals surface area contributed by atoms with Gasteiger partial charge < -0.3 is 0 Å². The molecule has 1 nitrogen and oxygen atoms in total. The molecule has 0 radical (unpaired) electrons. The monoisotopic (exact) mass is 393 g/mol. The summed E-state index contributed by atoms with van der Waals surface area (Å²) in [6.07, 6.45) is 12.3.